The van der Waals surface area contributed by atoms with Crippen LogP contribution in [-0.2, 0) is 6.61 Å². The van der Waals surface area contributed by atoms with Crippen molar-refractivity contribution >= 4 is 12.7 Å². The van der Waals surface area contributed by atoms with Crippen LogP contribution < -0.4 is 25.6 Å². The third kappa shape index (κ3) is 4.43. The highest BCUT2D eigenvalue weighted by molar-refractivity contribution is 5.56. The van der Waals surface area contributed by atoms with Gasteiger partial charge in [0.05, 0.1) is 23.4 Å². The number of halogens is 1. The minimum Gasteiger partial charge on any atom is -0.493 e. The lowest BCUT2D eigenvalue weighted by molar-refractivity contribution is 0.284. The van der Waals surface area contributed by atoms with Crippen LogP contribution in [-0.4, -0.2) is 16.9 Å². The lowest BCUT2D eigenvalue weighted by atomic mass is 10.1. The Morgan fingerprint density at radius 1 is 1.03 bits per heavy atom. The molecule has 4 aromatic rings. The summed E-state index contributed by atoms with van der Waals surface area (Å²) in [6.45, 7) is 4.17. The summed E-state index contributed by atoms with van der Waals surface area (Å²) in [6.07, 6.45) is 1.75. The van der Waals surface area contributed by atoms with Crippen LogP contribution in [0.2, 0.25) is 0 Å². The SMILES string of the molecule is C=c1[nH]n(-c2ccccc2)c(=O)/c1=C/c1ccc(OCc2cccc(F)c2)c(OC)c1. The van der Waals surface area contributed by atoms with Gasteiger partial charge in [-0.1, -0.05) is 43.0 Å². The predicted molar refractivity (Wildman–Crippen MR) is 118 cm³/mol. The van der Waals surface area contributed by atoms with Crippen LogP contribution in [0, 0.1) is 5.82 Å². The third-order valence-electron chi connectivity index (χ3n) is 4.80. The molecule has 3 aromatic carbocycles. The smallest absolute Gasteiger partial charge is 0.279 e. The fraction of sp³-hybridized carbons (Fsp3) is 0.0800. The Morgan fingerprint density at radius 2 is 1.84 bits per heavy atom. The molecule has 0 aliphatic rings. The van der Waals surface area contributed by atoms with Crippen LogP contribution in [0.3, 0.4) is 0 Å². The van der Waals surface area contributed by atoms with E-state index < -0.39 is 0 Å². The molecule has 0 aliphatic heterocycles. The van der Waals surface area contributed by atoms with Gasteiger partial charge in [-0.3, -0.25) is 9.89 Å². The third-order valence-corrected chi connectivity index (χ3v) is 4.80. The number of ether oxygens (including phenoxy) is 2. The van der Waals surface area contributed by atoms with E-state index in [1.165, 1.54) is 16.8 Å². The van der Waals surface area contributed by atoms with Gasteiger partial charge in [-0.05, 0) is 53.6 Å². The fourth-order valence-electron chi connectivity index (χ4n) is 3.25. The summed E-state index contributed by atoms with van der Waals surface area (Å²) in [5, 5.41) is 3.98. The molecule has 0 amide bonds. The molecule has 0 unspecified atom stereocenters. The van der Waals surface area contributed by atoms with E-state index >= 15 is 0 Å². The van der Waals surface area contributed by atoms with Gasteiger partial charge in [0.25, 0.3) is 5.56 Å². The van der Waals surface area contributed by atoms with Crippen LogP contribution in [0.5, 0.6) is 11.5 Å². The highest BCUT2D eigenvalue weighted by Crippen LogP contribution is 2.29. The maximum atomic E-state index is 13.4. The summed E-state index contributed by atoms with van der Waals surface area (Å²) in [6, 6.07) is 20.9. The van der Waals surface area contributed by atoms with E-state index in [0.717, 1.165) is 11.3 Å². The molecule has 5 nitrogen and oxygen atoms in total. The number of H-pyrrole nitrogens is 1. The molecule has 0 atom stereocenters. The van der Waals surface area contributed by atoms with Gasteiger partial charge in [-0.15, -0.1) is 0 Å². The molecule has 0 spiro atoms. The monoisotopic (exact) mass is 416 g/mol. The van der Waals surface area contributed by atoms with E-state index in [2.05, 4.69) is 11.7 Å². The van der Waals surface area contributed by atoms with E-state index in [1.54, 1.807) is 37.5 Å². The van der Waals surface area contributed by atoms with Crippen LogP contribution >= 0.6 is 0 Å². The second-order valence-corrected chi connectivity index (χ2v) is 6.95. The molecule has 1 aromatic heterocycles. The van der Waals surface area contributed by atoms with Gasteiger partial charge in [0.15, 0.2) is 11.5 Å². The first-order valence-corrected chi connectivity index (χ1v) is 9.67. The number of aromatic nitrogens is 2. The number of aromatic amines is 1. The first-order valence-electron chi connectivity index (χ1n) is 9.67. The normalized spacial score (nSPS) is 11.5. The van der Waals surface area contributed by atoms with E-state index in [1.807, 2.05) is 36.4 Å². The number of hydrogen-bond donors (Lipinski definition) is 1. The molecular weight excluding hydrogens is 395 g/mol. The van der Waals surface area contributed by atoms with E-state index in [4.69, 9.17) is 9.47 Å². The molecule has 0 saturated carbocycles. The minimum atomic E-state index is -0.311. The lowest BCUT2D eigenvalue weighted by Crippen LogP contribution is -2.33. The molecule has 4 rings (SSSR count). The molecule has 0 bridgehead atoms. The van der Waals surface area contributed by atoms with Crippen LogP contribution in [0.15, 0.2) is 77.6 Å². The number of hydrogen-bond acceptors (Lipinski definition) is 3. The van der Waals surface area contributed by atoms with Gasteiger partial charge in [0, 0.05) is 0 Å². The molecule has 1 N–H and O–H groups in total. The van der Waals surface area contributed by atoms with E-state index in [-0.39, 0.29) is 18.0 Å². The molecule has 0 saturated heterocycles. The van der Waals surface area contributed by atoms with Crippen molar-refractivity contribution in [2.45, 2.75) is 6.61 Å². The summed E-state index contributed by atoms with van der Waals surface area (Å²) < 4.78 is 26.1. The van der Waals surface area contributed by atoms with Crippen LogP contribution in [0.1, 0.15) is 11.1 Å². The molecule has 0 aliphatic carbocycles. The average Bonchev–Trinajstić information content (AvgIpc) is 3.07. The number of nitrogens with zero attached hydrogens (tertiary/aromatic N) is 1. The first kappa shape index (κ1) is 20.2. The second kappa shape index (κ2) is 8.75. The zero-order chi connectivity index (χ0) is 21.8. The zero-order valence-corrected chi connectivity index (χ0v) is 17.0. The Kier molecular flexibility index (Phi) is 5.71. The van der Waals surface area contributed by atoms with Crippen molar-refractivity contribution in [2.75, 3.05) is 7.11 Å². The Labute approximate surface area is 178 Å². The van der Waals surface area contributed by atoms with Crippen molar-refractivity contribution in [3.8, 4) is 17.2 Å². The zero-order valence-electron chi connectivity index (χ0n) is 17.0. The largest absolute Gasteiger partial charge is 0.493 e. The number of benzene rings is 3. The van der Waals surface area contributed by atoms with Crippen molar-refractivity contribution in [3.05, 3.63) is 111 Å². The van der Waals surface area contributed by atoms with Gasteiger partial charge >= 0.3 is 0 Å². The van der Waals surface area contributed by atoms with Crippen molar-refractivity contribution in [3.63, 3.8) is 0 Å². The summed E-state index contributed by atoms with van der Waals surface area (Å²) in [5.74, 6) is 0.721. The lowest BCUT2D eigenvalue weighted by Gasteiger charge is -2.11. The quantitative estimate of drug-likeness (QED) is 0.526. The first-order chi connectivity index (χ1) is 15.0. The molecule has 0 radical (unpaired) electrons. The van der Waals surface area contributed by atoms with Crippen molar-refractivity contribution in [2.24, 2.45) is 0 Å². The maximum absolute atomic E-state index is 13.4. The Bertz CT molecular complexity index is 1370. The van der Waals surface area contributed by atoms with Gasteiger partial charge in [0.2, 0.25) is 0 Å². The summed E-state index contributed by atoms with van der Waals surface area (Å²) in [7, 11) is 1.54. The average molecular weight is 416 g/mol. The van der Waals surface area contributed by atoms with Gasteiger partial charge in [0.1, 0.15) is 12.4 Å². The number of methoxy groups -OCH3 is 1. The maximum Gasteiger partial charge on any atom is 0.279 e. The number of nitrogens with one attached hydrogen (secondary N) is 1. The summed E-state index contributed by atoms with van der Waals surface area (Å²) in [5.41, 5.74) is 2.02. The van der Waals surface area contributed by atoms with Gasteiger partial charge in [-0.25, -0.2) is 9.07 Å². The van der Waals surface area contributed by atoms with E-state index in [0.29, 0.717) is 27.6 Å². The molecule has 31 heavy (non-hydrogen) atoms. The molecule has 156 valence electrons. The van der Waals surface area contributed by atoms with Gasteiger partial charge in [-0.2, -0.15) is 0 Å². The number of rotatable bonds is 6. The molecule has 6 heteroatoms. The highest BCUT2D eigenvalue weighted by Gasteiger charge is 2.08. The Morgan fingerprint density at radius 3 is 2.58 bits per heavy atom. The van der Waals surface area contributed by atoms with Crippen LogP contribution in [0.4, 0.5) is 4.39 Å². The topological polar surface area (TPSA) is 56.2 Å². The van der Waals surface area contributed by atoms with Gasteiger partial charge < -0.3 is 9.47 Å². The Hall–Kier alpha value is -4.06. The van der Waals surface area contributed by atoms with E-state index in [9.17, 15) is 9.18 Å². The molecular formula is C25H21FN2O3. The minimum absolute atomic E-state index is 0.193. The summed E-state index contributed by atoms with van der Waals surface area (Å²) in [4.78, 5) is 12.9. The molecule has 1 heterocycles. The summed E-state index contributed by atoms with van der Waals surface area (Å²) >= 11 is 0. The highest BCUT2D eigenvalue weighted by atomic mass is 19.1. The van der Waals surface area contributed by atoms with Crippen molar-refractivity contribution in [1.82, 2.24) is 9.78 Å². The standard InChI is InChI=1S/C25H21FN2O3/c1-17-22(25(29)28(27-17)21-9-4-3-5-10-21)14-18-11-12-23(24(15-18)30-2)31-16-19-7-6-8-20(26)13-19/h3-15,27H,1,16H2,2H3/b22-14+. The number of para-hydroxylation sites is 1. The molecule has 0 fully saturated rings. The second-order valence-electron chi connectivity index (χ2n) is 6.95. The Balaban J connectivity index is 1.64. The van der Waals surface area contributed by atoms with Crippen LogP contribution in [0.25, 0.3) is 18.3 Å². The fourth-order valence-corrected chi connectivity index (χ4v) is 3.25. The predicted octanol–water partition coefficient (Wildman–Crippen LogP) is 3.13. The van der Waals surface area contributed by atoms with Crippen molar-refractivity contribution < 1.29 is 13.9 Å². The van der Waals surface area contributed by atoms with Crippen molar-refractivity contribution in [1.29, 1.82) is 0 Å².